The molecule has 0 radical (unpaired) electrons. The maximum atomic E-state index is 12.1. The van der Waals surface area contributed by atoms with Crippen LogP contribution in [0.4, 0.5) is 0 Å². The summed E-state index contributed by atoms with van der Waals surface area (Å²) in [4.78, 5) is 12.1. The highest BCUT2D eigenvalue weighted by atomic mass is 32.2. The van der Waals surface area contributed by atoms with E-state index in [1.807, 2.05) is 0 Å². The molecule has 18 heavy (non-hydrogen) atoms. The van der Waals surface area contributed by atoms with Crippen molar-refractivity contribution in [1.29, 1.82) is 0 Å². The number of nitrogens with one attached hydrogen (secondary N) is 1. The van der Waals surface area contributed by atoms with E-state index in [0.29, 0.717) is 0 Å². The Balaban J connectivity index is 2.53. The minimum Gasteiger partial charge on any atom is -0.352 e. The second-order valence-corrected chi connectivity index (χ2v) is 7.60. The fourth-order valence-corrected chi connectivity index (χ4v) is 3.50. The summed E-state index contributed by atoms with van der Waals surface area (Å²) in [6, 6.07) is -0.458. The quantitative estimate of drug-likeness (QED) is 0.729. The first-order valence-electron chi connectivity index (χ1n) is 6.53. The van der Waals surface area contributed by atoms with E-state index in [-0.39, 0.29) is 29.7 Å². The predicted molar refractivity (Wildman–Crippen MR) is 71.9 cm³/mol. The minimum absolute atomic E-state index is 0.0271. The summed E-state index contributed by atoms with van der Waals surface area (Å²) >= 11 is 0. The molecule has 0 bridgehead atoms. The van der Waals surface area contributed by atoms with E-state index < -0.39 is 9.84 Å². The van der Waals surface area contributed by atoms with Crippen LogP contribution in [0.5, 0.6) is 0 Å². The second kappa shape index (κ2) is 6.52. The molecule has 0 aliphatic heterocycles. The van der Waals surface area contributed by atoms with Gasteiger partial charge in [0.05, 0.1) is 11.7 Å². The Morgan fingerprint density at radius 2 is 1.94 bits per heavy atom. The van der Waals surface area contributed by atoms with Gasteiger partial charge in [0.15, 0.2) is 0 Å². The number of hydrogen-bond acceptors (Lipinski definition) is 4. The van der Waals surface area contributed by atoms with Gasteiger partial charge in [0.2, 0.25) is 5.91 Å². The van der Waals surface area contributed by atoms with Gasteiger partial charge >= 0.3 is 0 Å². The molecular formula is C12H24N2O3S. The monoisotopic (exact) mass is 276 g/mol. The third kappa shape index (κ3) is 5.35. The molecule has 3 atom stereocenters. The summed E-state index contributed by atoms with van der Waals surface area (Å²) in [6.07, 6.45) is 6.07. The van der Waals surface area contributed by atoms with E-state index in [4.69, 9.17) is 5.73 Å². The van der Waals surface area contributed by atoms with Gasteiger partial charge < -0.3 is 11.1 Å². The summed E-state index contributed by atoms with van der Waals surface area (Å²) in [5.41, 5.74) is 6.00. The molecule has 6 heteroatoms. The van der Waals surface area contributed by atoms with Crippen LogP contribution in [0.15, 0.2) is 0 Å². The standard InChI is InChI=1S/C12H24N2O3S/c1-9(8-18(2,16)17)14-12(15)10-6-4-3-5-7-11(10)13/h9-11H,3-8,13H2,1-2H3,(H,14,15). The van der Waals surface area contributed by atoms with Crippen LogP contribution < -0.4 is 11.1 Å². The van der Waals surface area contributed by atoms with Crippen molar-refractivity contribution in [2.75, 3.05) is 12.0 Å². The maximum absolute atomic E-state index is 12.1. The van der Waals surface area contributed by atoms with E-state index in [1.54, 1.807) is 6.92 Å². The largest absolute Gasteiger partial charge is 0.352 e. The van der Waals surface area contributed by atoms with Crippen molar-refractivity contribution in [2.45, 2.75) is 51.1 Å². The van der Waals surface area contributed by atoms with Gasteiger partial charge in [0.25, 0.3) is 0 Å². The van der Waals surface area contributed by atoms with Gasteiger partial charge in [-0.1, -0.05) is 19.3 Å². The van der Waals surface area contributed by atoms with Crippen molar-refractivity contribution in [3.63, 3.8) is 0 Å². The number of carbonyl (C=O) groups excluding carboxylic acids is 1. The third-order valence-electron chi connectivity index (χ3n) is 3.35. The van der Waals surface area contributed by atoms with Crippen LogP contribution in [-0.4, -0.2) is 38.4 Å². The Morgan fingerprint density at radius 3 is 2.56 bits per heavy atom. The van der Waals surface area contributed by atoms with E-state index in [2.05, 4.69) is 5.32 Å². The zero-order valence-corrected chi connectivity index (χ0v) is 12.0. The van der Waals surface area contributed by atoms with Crippen molar-refractivity contribution in [3.8, 4) is 0 Å². The molecule has 1 aliphatic rings. The van der Waals surface area contributed by atoms with E-state index in [9.17, 15) is 13.2 Å². The highest BCUT2D eigenvalue weighted by molar-refractivity contribution is 7.90. The van der Waals surface area contributed by atoms with Crippen molar-refractivity contribution >= 4 is 15.7 Å². The second-order valence-electron chi connectivity index (χ2n) is 5.41. The number of rotatable bonds is 4. The summed E-state index contributed by atoms with van der Waals surface area (Å²) in [7, 11) is -3.07. The van der Waals surface area contributed by atoms with E-state index in [1.165, 1.54) is 6.26 Å². The molecule has 5 nitrogen and oxygen atoms in total. The molecule has 1 saturated carbocycles. The van der Waals surface area contributed by atoms with Crippen molar-refractivity contribution in [3.05, 3.63) is 0 Å². The van der Waals surface area contributed by atoms with Crippen molar-refractivity contribution < 1.29 is 13.2 Å². The molecule has 3 unspecified atom stereocenters. The first kappa shape index (κ1) is 15.4. The third-order valence-corrected chi connectivity index (χ3v) is 4.45. The average Bonchev–Trinajstić information content (AvgIpc) is 2.39. The lowest BCUT2D eigenvalue weighted by molar-refractivity contribution is -0.126. The van der Waals surface area contributed by atoms with Gasteiger partial charge in [0, 0.05) is 18.3 Å². The number of sulfone groups is 1. The van der Waals surface area contributed by atoms with Gasteiger partial charge in [-0.3, -0.25) is 4.79 Å². The highest BCUT2D eigenvalue weighted by Crippen LogP contribution is 2.22. The normalized spacial score (nSPS) is 27.3. The summed E-state index contributed by atoms with van der Waals surface area (Å²) in [6.45, 7) is 1.71. The van der Waals surface area contributed by atoms with Crippen LogP contribution in [0.25, 0.3) is 0 Å². The molecule has 1 rings (SSSR count). The van der Waals surface area contributed by atoms with Crippen LogP contribution in [0.3, 0.4) is 0 Å². The topological polar surface area (TPSA) is 89.3 Å². The summed E-state index contributed by atoms with van der Waals surface area (Å²) < 4.78 is 22.3. The smallest absolute Gasteiger partial charge is 0.224 e. The number of amides is 1. The molecule has 1 amide bonds. The van der Waals surface area contributed by atoms with Crippen LogP contribution in [-0.2, 0) is 14.6 Å². The minimum atomic E-state index is -3.07. The van der Waals surface area contributed by atoms with E-state index in [0.717, 1.165) is 32.1 Å². The zero-order chi connectivity index (χ0) is 13.8. The Kier molecular flexibility index (Phi) is 5.59. The summed E-state index contributed by atoms with van der Waals surface area (Å²) in [5.74, 6) is -0.296. The molecule has 0 saturated heterocycles. The molecule has 3 N–H and O–H groups in total. The first-order valence-corrected chi connectivity index (χ1v) is 8.59. The predicted octanol–water partition coefficient (Wildman–Crippen LogP) is 0.443. The maximum Gasteiger partial charge on any atom is 0.224 e. The zero-order valence-electron chi connectivity index (χ0n) is 11.2. The summed E-state index contributed by atoms with van der Waals surface area (Å²) in [5, 5.41) is 2.77. The Labute approximate surface area is 109 Å². The van der Waals surface area contributed by atoms with Crippen LogP contribution in [0.2, 0.25) is 0 Å². The Hall–Kier alpha value is -0.620. The molecule has 1 aliphatic carbocycles. The Morgan fingerprint density at radius 1 is 1.33 bits per heavy atom. The van der Waals surface area contributed by atoms with Gasteiger partial charge in [-0.15, -0.1) is 0 Å². The molecule has 106 valence electrons. The van der Waals surface area contributed by atoms with Gasteiger partial charge in [0.1, 0.15) is 9.84 Å². The molecule has 0 heterocycles. The number of carbonyl (C=O) groups is 1. The number of hydrogen-bond donors (Lipinski definition) is 2. The van der Waals surface area contributed by atoms with Crippen molar-refractivity contribution in [2.24, 2.45) is 11.7 Å². The lowest BCUT2D eigenvalue weighted by Crippen LogP contribution is -2.46. The fourth-order valence-electron chi connectivity index (χ4n) is 2.51. The molecule has 0 spiro atoms. The molecule has 0 aromatic heterocycles. The van der Waals surface area contributed by atoms with Crippen LogP contribution in [0, 0.1) is 5.92 Å². The lowest BCUT2D eigenvalue weighted by atomic mass is 9.94. The first-order chi connectivity index (χ1) is 8.29. The molecular weight excluding hydrogens is 252 g/mol. The lowest BCUT2D eigenvalue weighted by Gasteiger charge is -2.22. The van der Waals surface area contributed by atoms with Crippen LogP contribution >= 0.6 is 0 Å². The fraction of sp³-hybridized carbons (Fsp3) is 0.917. The van der Waals surface area contributed by atoms with Gasteiger partial charge in [-0.2, -0.15) is 0 Å². The van der Waals surface area contributed by atoms with Gasteiger partial charge in [-0.25, -0.2) is 8.42 Å². The van der Waals surface area contributed by atoms with E-state index >= 15 is 0 Å². The molecule has 0 aromatic carbocycles. The number of nitrogens with two attached hydrogens (primary N) is 1. The SMILES string of the molecule is CC(CS(C)(=O)=O)NC(=O)C1CCCCCC1N. The van der Waals surface area contributed by atoms with Gasteiger partial charge in [-0.05, 0) is 19.8 Å². The van der Waals surface area contributed by atoms with Crippen molar-refractivity contribution in [1.82, 2.24) is 5.32 Å². The molecule has 0 aromatic rings. The molecule has 1 fully saturated rings. The highest BCUT2D eigenvalue weighted by Gasteiger charge is 2.28. The average molecular weight is 276 g/mol. The van der Waals surface area contributed by atoms with Crippen LogP contribution in [0.1, 0.15) is 39.0 Å². The Bertz CT molecular complexity index is 381.